The molecule has 0 radical (unpaired) electrons. The third-order valence-corrected chi connectivity index (χ3v) is 4.41. The van der Waals surface area contributed by atoms with Gasteiger partial charge in [-0.25, -0.2) is 10.8 Å². The summed E-state index contributed by atoms with van der Waals surface area (Å²) >= 11 is 0. The fourth-order valence-corrected chi connectivity index (χ4v) is 3.39. The first-order valence-corrected chi connectivity index (χ1v) is 7.21. The Labute approximate surface area is 114 Å². The Kier molecular flexibility index (Phi) is 3.57. The number of hydrogen-bond acceptors (Lipinski definition) is 5. The number of hydrazine groups is 1. The van der Waals surface area contributed by atoms with Crippen molar-refractivity contribution in [2.24, 2.45) is 5.84 Å². The fraction of sp³-hybridized carbons (Fsp3) is 0.643. The van der Waals surface area contributed by atoms with Gasteiger partial charge in [-0.05, 0) is 32.4 Å². The van der Waals surface area contributed by atoms with Gasteiger partial charge in [0.15, 0.2) is 0 Å². The van der Waals surface area contributed by atoms with Gasteiger partial charge < -0.3 is 10.3 Å². The average molecular weight is 261 g/mol. The van der Waals surface area contributed by atoms with Crippen LogP contribution in [-0.2, 0) is 0 Å². The van der Waals surface area contributed by atoms with Crippen LogP contribution in [0.3, 0.4) is 0 Å². The minimum atomic E-state index is 0.544. The summed E-state index contributed by atoms with van der Waals surface area (Å²) in [5.74, 6) is 6.18. The molecular weight excluding hydrogens is 238 g/mol. The van der Waals surface area contributed by atoms with E-state index < -0.39 is 0 Å². The molecule has 5 heteroatoms. The first-order valence-electron chi connectivity index (χ1n) is 7.21. The Morgan fingerprint density at radius 3 is 3.11 bits per heavy atom. The molecule has 3 rings (SSSR count). The summed E-state index contributed by atoms with van der Waals surface area (Å²) < 4.78 is 0. The van der Waals surface area contributed by atoms with Crippen LogP contribution in [0.2, 0.25) is 0 Å². The van der Waals surface area contributed by atoms with E-state index in [4.69, 9.17) is 5.84 Å². The fourth-order valence-electron chi connectivity index (χ4n) is 3.39. The van der Waals surface area contributed by atoms with Crippen molar-refractivity contribution >= 4 is 11.5 Å². The minimum absolute atomic E-state index is 0.544. The number of nitrogens with zero attached hydrogens (tertiary/aromatic N) is 3. The number of nitrogens with one attached hydrogen (secondary N) is 1. The second-order valence-corrected chi connectivity index (χ2v) is 5.69. The maximum Gasteiger partial charge on any atom is 0.141 e. The topological polar surface area (TPSA) is 57.4 Å². The molecule has 3 N–H and O–H groups in total. The smallest absolute Gasteiger partial charge is 0.141 e. The number of nitrogens with two attached hydrogens (primary N) is 1. The van der Waals surface area contributed by atoms with Crippen LogP contribution >= 0.6 is 0 Å². The van der Waals surface area contributed by atoms with E-state index in [0.717, 1.165) is 12.4 Å². The third-order valence-electron chi connectivity index (χ3n) is 4.41. The highest BCUT2D eigenvalue weighted by Crippen LogP contribution is 2.28. The van der Waals surface area contributed by atoms with Crippen molar-refractivity contribution in [2.45, 2.75) is 38.3 Å². The van der Waals surface area contributed by atoms with E-state index in [9.17, 15) is 0 Å². The van der Waals surface area contributed by atoms with E-state index in [1.54, 1.807) is 0 Å². The zero-order chi connectivity index (χ0) is 13.2. The molecule has 5 nitrogen and oxygen atoms in total. The van der Waals surface area contributed by atoms with Crippen molar-refractivity contribution in [3.63, 3.8) is 0 Å². The lowest BCUT2D eigenvalue weighted by molar-refractivity contribution is 0.115. The van der Waals surface area contributed by atoms with Crippen LogP contribution in [0.5, 0.6) is 0 Å². The van der Waals surface area contributed by atoms with Crippen LogP contribution in [0.15, 0.2) is 18.3 Å². The molecule has 0 bridgehead atoms. The third kappa shape index (κ3) is 2.53. The second kappa shape index (κ2) is 5.35. The van der Waals surface area contributed by atoms with Gasteiger partial charge in [0.2, 0.25) is 0 Å². The number of hydrogen-bond donors (Lipinski definition) is 2. The van der Waals surface area contributed by atoms with E-state index in [1.165, 1.54) is 38.0 Å². The van der Waals surface area contributed by atoms with Crippen molar-refractivity contribution in [2.75, 3.05) is 30.0 Å². The number of rotatable bonds is 2. The van der Waals surface area contributed by atoms with Crippen LogP contribution < -0.4 is 16.2 Å². The van der Waals surface area contributed by atoms with Gasteiger partial charge in [0, 0.05) is 43.1 Å². The van der Waals surface area contributed by atoms with Gasteiger partial charge in [-0.1, -0.05) is 6.42 Å². The lowest BCUT2D eigenvalue weighted by Crippen LogP contribution is -2.58. The highest BCUT2D eigenvalue weighted by atomic mass is 15.3. The summed E-state index contributed by atoms with van der Waals surface area (Å²) in [6.07, 6.45) is 5.88. The molecule has 1 aromatic rings. The molecule has 2 atom stereocenters. The predicted octanol–water partition coefficient (Wildman–Crippen LogP) is 1.43. The monoisotopic (exact) mass is 261 g/mol. The van der Waals surface area contributed by atoms with E-state index in [0.29, 0.717) is 12.1 Å². The Morgan fingerprint density at radius 2 is 2.26 bits per heavy atom. The molecule has 2 unspecified atom stereocenters. The van der Waals surface area contributed by atoms with Gasteiger partial charge in [0.05, 0.1) is 0 Å². The zero-order valence-corrected chi connectivity index (χ0v) is 11.5. The van der Waals surface area contributed by atoms with Crippen LogP contribution in [0.1, 0.15) is 26.2 Å². The van der Waals surface area contributed by atoms with E-state index in [1.807, 2.05) is 12.3 Å². The molecule has 0 amide bonds. The van der Waals surface area contributed by atoms with Gasteiger partial charge >= 0.3 is 0 Å². The summed E-state index contributed by atoms with van der Waals surface area (Å²) in [7, 11) is 0. The first-order chi connectivity index (χ1) is 9.28. The average Bonchev–Trinajstić information content (AvgIpc) is 2.46. The van der Waals surface area contributed by atoms with Gasteiger partial charge in [0.25, 0.3) is 0 Å². The summed E-state index contributed by atoms with van der Waals surface area (Å²) in [5, 5.41) is 0. The summed E-state index contributed by atoms with van der Waals surface area (Å²) in [5.41, 5.74) is 3.85. The normalized spacial score (nSPS) is 28.0. The zero-order valence-electron chi connectivity index (χ0n) is 11.5. The number of nitrogen functional groups attached to an aromatic ring is 1. The molecule has 0 aliphatic carbocycles. The van der Waals surface area contributed by atoms with Crippen LogP contribution in [0, 0.1) is 0 Å². The van der Waals surface area contributed by atoms with E-state index in [2.05, 4.69) is 33.2 Å². The largest absolute Gasteiger partial charge is 0.366 e. The SMILES string of the molecule is CC1CN2CCCCC2CN1c1ccnc(NN)c1. The van der Waals surface area contributed by atoms with Crippen LogP contribution in [0.25, 0.3) is 0 Å². The quantitative estimate of drug-likeness (QED) is 0.623. The Morgan fingerprint density at radius 1 is 1.37 bits per heavy atom. The number of piperidine rings is 1. The molecule has 2 aliphatic heterocycles. The molecule has 0 aromatic carbocycles. The van der Waals surface area contributed by atoms with Crippen LogP contribution in [0.4, 0.5) is 11.5 Å². The number of pyridine rings is 1. The molecule has 0 spiro atoms. The molecule has 104 valence electrons. The predicted molar refractivity (Wildman–Crippen MR) is 78.1 cm³/mol. The molecule has 19 heavy (non-hydrogen) atoms. The summed E-state index contributed by atoms with van der Waals surface area (Å²) in [6, 6.07) is 5.37. The number of fused-ring (bicyclic) bond motifs is 1. The van der Waals surface area contributed by atoms with E-state index >= 15 is 0 Å². The molecule has 2 fully saturated rings. The van der Waals surface area contributed by atoms with Crippen LogP contribution in [-0.4, -0.2) is 41.6 Å². The standard InChI is InChI=1S/C14H23N5/c1-11-9-18-7-3-2-4-13(18)10-19(11)12-5-6-16-14(8-12)17-15/h5-6,8,11,13H,2-4,7,9-10,15H2,1H3,(H,16,17). The molecule has 1 aromatic heterocycles. The Bertz CT molecular complexity index is 436. The van der Waals surface area contributed by atoms with Gasteiger partial charge in [-0.2, -0.15) is 0 Å². The highest BCUT2D eigenvalue weighted by Gasteiger charge is 2.32. The maximum absolute atomic E-state index is 5.45. The van der Waals surface area contributed by atoms with Crippen molar-refractivity contribution in [3.8, 4) is 0 Å². The molecule has 2 aliphatic rings. The minimum Gasteiger partial charge on any atom is -0.366 e. The van der Waals surface area contributed by atoms with E-state index in [-0.39, 0.29) is 0 Å². The van der Waals surface area contributed by atoms with Crippen molar-refractivity contribution in [1.29, 1.82) is 0 Å². The lowest BCUT2D eigenvalue weighted by atomic mass is 9.97. The number of anilines is 2. The second-order valence-electron chi connectivity index (χ2n) is 5.69. The first kappa shape index (κ1) is 12.7. The summed E-state index contributed by atoms with van der Waals surface area (Å²) in [6.45, 7) is 5.86. The number of aromatic nitrogens is 1. The van der Waals surface area contributed by atoms with Gasteiger partial charge in [-0.15, -0.1) is 0 Å². The van der Waals surface area contributed by atoms with Gasteiger partial charge in [-0.3, -0.25) is 4.90 Å². The van der Waals surface area contributed by atoms with Crippen molar-refractivity contribution in [3.05, 3.63) is 18.3 Å². The van der Waals surface area contributed by atoms with Crippen molar-refractivity contribution < 1.29 is 0 Å². The molecule has 3 heterocycles. The highest BCUT2D eigenvalue weighted by molar-refractivity contribution is 5.54. The molecule has 0 saturated carbocycles. The lowest BCUT2D eigenvalue weighted by Gasteiger charge is -2.48. The number of piperazine rings is 1. The summed E-state index contributed by atoms with van der Waals surface area (Å²) in [4.78, 5) is 9.34. The Balaban J connectivity index is 1.79. The molecule has 2 saturated heterocycles. The maximum atomic E-state index is 5.45. The molecular formula is C14H23N5. The van der Waals surface area contributed by atoms with Gasteiger partial charge in [0.1, 0.15) is 5.82 Å². The Hall–Kier alpha value is -1.33. The van der Waals surface area contributed by atoms with Crippen molar-refractivity contribution in [1.82, 2.24) is 9.88 Å².